The fourth-order valence-corrected chi connectivity index (χ4v) is 9.61. The van der Waals surface area contributed by atoms with Crippen molar-refractivity contribution in [3.05, 3.63) is 12.7 Å². The van der Waals surface area contributed by atoms with Gasteiger partial charge in [0.05, 0.1) is 0 Å². The Balaban J connectivity index is 3.81. The molecule has 0 aliphatic rings. The quantitative estimate of drug-likeness (QED) is 0.105. The van der Waals surface area contributed by atoms with Crippen LogP contribution in [0.5, 0.6) is 0 Å². The number of hydrogen-bond donors (Lipinski definition) is 0. The zero-order valence-electron chi connectivity index (χ0n) is 18.9. The number of allylic oxidation sites excluding steroid dienone is 1. The van der Waals surface area contributed by atoms with Crippen LogP contribution >= 0.6 is 7.26 Å². The second-order valence-corrected chi connectivity index (χ2v) is 13.7. The van der Waals surface area contributed by atoms with Gasteiger partial charge in [-0.25, -0.2) is 0 Å². The summed E-state index contributed by atoms with van der Waals surface area (Å²) in [7, 11) is -1.05. The minimum Gasteiger partial charge on any atom is -0.0654 e. The van der Waals surface area contributed by atoms with Gasteiger partial charge in [0.25, 0.3) is 0 Å². The van der Waals surface area contributed by atoms with E-state index in [9.17, 15) is 0 Å². The summed E-state index contributed by atoms with van der Waals surface area (Å²) in [4.78, 5) is 0. The normalized spacial score (nSPS) is 12.4. The maximum absolute atomic E-state index is 4.11. The van der Waals surface area contributed by atoms with E-state index in [0.29, 0.717) is 0 Å². The Hall–Kier alpha value is 0.170. The Labute approximate surface area is 168 Å². The first kappa shape index (κ1) is 26.2. The van der Waals surface area contributed by atoms with Gasteiger partial charge in [0.1, 0.15) is 0 Å². The summed E-state index contributed by atoms with van der Waals surface area (Å²) in [5.74, 6) is 0. The predicted molar refractivity (Wildman–Crippen MR) is 129 cm³/mol. The molecule has 0 saturated heterocycles. The summed E-state index contributed by atoms with van der Waals surface area (Å²) in [6.07, 6.45) is 31.6. The van der Waals surface area contributed by atoms with Gasteiger partial charge in [0.2, 0.25) is 0 Å². The first-order valence-corrected chi connectivity index (χ1v) is 15.2. The molecule has 0 bridgehead atoms. The van der Waals surface area contributed by atoms with Crippen LogP contribution in [0.4, 0.5) is 0 Å². The van der Waals surface area contributed by atoms with Crippen LogP contribution < -0.4 is 0 Å². The van der Waals surface area contributed by atoms with Crippen molar-refractivity contribution in [3.8, 4) is 0 Å². The predicted octanol–water partition coefficient (Wildman–Crippen LogP) is 9.22. The maximum atomic E-state index is 4.11. The monoisotopic (exact) mass is 384 g/mol. The molecule has 0 amide bonds. The first-order chi connectivity index (χ1) is 12.7. The van der Waals surface area contributed by atoms with Crippen LogP contribution in [-0.2, 0) is 0 Å². The summed E-state index contributed by atoms with van der Waals surface area (Å²) in [5.41, 5.74) is 0. The van der Waals surface area contributed by atoms with Gasteiger partial charge in [0, 0.05) is 0 Å². The molecule has 0 saturated carbocycles. The molecule has 0 spiro atoms. The SMILES string of the molecule is C=CC[PH](CCCC)(CCCC)CCCCCCCCCCCCCC. The Morgan fingerprint density at radius 2 is 0.846 bits per heavy atom. The Morgan fingerprint density at radius 3 is 1.23 bits per heavy atom. The van der Waals surface area contributed by atoms with Crippen LogP contribution in [-0.4, -0.2) is 24.6 Å². The van der Waals surface area contributed by atoms with Crippen LogP contribution in [0, 0.1) is 0 Å². The van der Waals surface area contributed by atoms with Crippen LogP contribution in [0.1, 0.15) is 124 Å². The van der Waals surface area contributed by atoms with Crippen molar-refractivity contribution in [3.63, 3.8) is 0 Å². The molecule has 0 rings (SSSR count). The third-order valence-corrected chi connectivity index (χ3v) is 11.7. The molecule has 0 aliphatic heterocycles. The molecule has 0 unspecified atom stereocenters. The average Bonchev–Trinajstić information content (AvgIpc) is 2.65. The van der Waals surface area contributed by atoms with Crippen molar-refractivity contribution in [1.29, 1.82) is 0 Å². The number of unbranched alkanes of at least 4 members (excludes halogenated alkanes) is 13. The smallest absolute Gasteiger partial charge is 0.0654 e. The van der Waals surface area contributed by atoms with Gasteiger partial charge >= 0.3 is 155 Å². The molecule has 0 aliphatic carbocycles. The molecule has 0 aromatic carbocycles. The van der Waals surface area contributed by atoms with E-state index in [1.54, 1.807) is 18.5 Å². The zero-order valence-corrected chi connectivity index (χ0v) is 19.9. The van der Waals surface area contributed by atoms with E-state index in [-0.39, 0.29) is 0 Å². The molecule has 0 N–H and O–H groups in total. The molecule has 0 radical (unpaired) electrons. The van der Waals surface area contributed by atoms with Crippen molar-refractivity contribution in [2.75, 3.05) is 24.6 Å². The molecule has 0 heterocycles. The van der Waals surface area contributed by atoms with Crippen molar-refractivity contribution < 1.29 is 0 Å². The van der Waals surface area contributed by atoms with Crippen LogP contribution in [0.3, 0.4) is 0 Å². The van der Waals surface area contributed by atoms with Crippen molar-refractivity contribution in [1.82, 2.24) is 0 Å². The molecule has 0 aromatic rings. The minimum atomic E-state index is -1.05. The topological polar surface area (TPSA) is 0 Å². The molecular formula is C25H53P. The second-order valence-electron chi connectivity index (χ2n) is 8.84. The third kappa shape index (κ3) is 15.2. The zero-order chi connectivity index (χ0) is 19.3. The molecule has 0 nitrogen and oxygen atoms in total. The summed E-state index contributed by atoms with van der Waals surface area (Å²) in [5, 5.41) is 0. The van der Waals surface area contributed by atoms with Crippen molar-refractivity contribution >= 4 is 7.26 Å². The molecule has 1 heteroatoms. The van der Waals surface area contributed by atoms with E-state index in [0.717, 1.165) is 0 Å². The van der Waals surface area contributed by atoms with E-state index in [4.69, 9.17) is 0 Å². The van der Waals surface area contributed by atoms with Crippen LogP contribution in [0.25, 0.3) is 0 Å². The fourth-order valence-electron chi connectivity index (χ4n) is 4.43. The first-order valence-electron chi connectivity index (χ1n) is 12.4. The van der Waals surface area contributed by atoms with Gasteiger partial charge in [-0.1, -0.05) is 13.3 Å². The van der Waals surface area contributed by atoms with E-state index >= 15 is 0 Å². The van der Waals surface area contributed by atoms with Crippen LogP contribution in [0.15, 0.2) is 12.7 Å². The average molecular weight is 385 g/mol. The summed E-state index contributed by atoms with van der Waals surface area (Å²) >= 11 is 0. The Bertz CT molecular complexity index is 276. The van der Waals surface area contributed by atoms with Crippen molar-refractivity contribution in [2.24, 2.45) is 0 Å². The van der Waals surface area contributed by atoms with Crippen LogP contribution in [0.2, 0.25) is 0 Å². The van der Waals surface area contributed by atoms with E-state index in [1.165, 1.54) is 109 Å². The van der Waals surface area contributed by atoms with Gasteiger partial charge in [-0.2, -0.15) is 0 Å². The van der Waals surface area contributed by atoms with Gasteiger partial charge < -0.3 is 0 Å². The van der Waals surface area contributed by atoms with Gasteiger partial charge in [-0.05, 0) is 0 Å². The standard InChI is InChI=1S/C25H53P/c1-5-9-12-13-14-15-16-17-18-19-20-21-25-26(22-8-4,23-10-6-2)24-11-7-3/h8,26H,4-7,9-25H2,1-3H3. The fraction of sp³-hybridized carbons (Fsp3) is 0.920. The van der Waals surface area contributed by atoms with Gasteiger partial charge in [-0.3, -0.25) is 0 Å². The third-order valence-electron chi connectivity index (χ3n) is 6.26. The van der Waals surface area contributed by atoms with E-state index in [1.807, 2.05) is 0 Å². The Kier molecular flexibility index (Phi) is 20.0. The minimum absolute atomic E-state index is 1.05. The summed E-state index contributed by atoms with van der Waals surface area (Å²) in [6.45, 7) is 11.1. The summed E-state index contributed by atoms with van der Waals surface area (Å²) in [6, 6.07) is 0. The van der Waals surface area contributed by atoms with Gasteiger partial charge in [-0.15, -0.1) is 0 Å². The molecule has 0 aromatic heterocycles. The van der Waals surface area contributed by atoms with Crippen molar-refractivity contribution in [2.45, 2.75) is 124 Å². The second kappa shape index (κ2) is 19.9. The molecular weight excluding hydrogens is 331 g/mol. The molecule has 158 valence electrons. The van der Waals surface area contributed by atoms with E-state index in [2.05, 4.69) is 33.4 Å². The number of rotatable bonds is 21. The summed E-state index contributed by atoms with van der Waals surface area (Å²) < 4.78 is 0. The van der Waals surface area contributed by atoms with E-state index < -0.39 is 7.26 Å². The number of hydrogen-bond acceptors (Lipinski definition) is 0. The molecule has 26 heavy (non-hydrogen) atoms. The molecule has 0 atom stereocenters. The molecule has 0 fully saturated rings. The Morgan fingerprint density at radius 1 is 0.500 bits per heavy atom. The van der Waals surface area contributed by atoms with Gasteiger partial charge in [0.15, 0.2) is 0 Å².